The molecule has 4 aromatic rings. The molecule has 140 valence electrons. The lowest BCUT2D eigenvalue weighted by molar-refractivity contribution is -0.383. The molecule has 1 saturated carbocycles. The molecule has 3 heterocycles. The van der Waals surface area contributed by atoms with Crippen LogP contribution in [0.15, 0.2) is 58.2 Å². The van der Waals surface area contributed by atoms with Gasteiger partial charge in [0.15, 0.2) is 5.16 Å². The SMILES string of the molecule is O=[N+]([O-])c1ccc(Sc2nnc(Cc3cccs3)n2C2CC2)c2ccncc12. The van der Waals surface area contributed by atoms with Crippen LogP contribution in [0.1, 0.15) is 29.6 Å². The lowest BCUT2D eigenvalue weighted by atomic mass is 10.1. The summed E-state index contributed by atoms with van der Waals surface area (Å²) >= 11 is 3.23. The second-order valence-corrected chi connectivity index (χ2v) is 8.66. The zero-order valence-corrected chi connectivity index (χ0v) is 16.3. The number of nitro groups is 1. The van der Waals surface area contributed by atoms with Gasteiger partial charge in [0.2, 0.25) is 0 Å². The van der Waals surface area contributed by atoms with Crippen molar-refractivity contribution in [3.8, 4) is 0 Å². The summed E-state index contributed by atoms with van der Waals surface area (Å²) in [6, 6.07) is 9.74. The molecule has 28 heavy (non-hydrogen) atoms. The van der Waals surface area contributed by atoms with Crippen molar-refractivity contribution in [2.24, 2.45) is 0 Å². The molecule has 0 radical (unpaired) electrons. The first-order valence-electron chi connectivity index (χ1n) is 8.86. The van der Waals surface area contributed by atoms with Crippen molar-refractivity contribution >= 4 is 39.6 Å². The lowest BCUT2D eigenvalue weighted by Crippen LogP contribution is -2.03. The monoisotopic (exact) mass is 409 g/mol. The minimum atomic E-state index is -0.371. The Morgan fingerprint density at radius 2 is 2.11 bits per heavy atom. The van der Waals surface area contributed by atoms with Crippen molar-refractivity contribution in [1.82, 2.24) is 19.7 Å². The maximum Gasteiger partial charge on any atom is 0.278 e. The van der Waals surface area contributed by atoms with Crippen LogP contribution in [0.25, 0.3) is 10.8 Å². The molecule has 7 nitrogen and oxygen atoms in total. The summed E-state index contributed by atoms with van der Waals surface area (Å²) in [7, 11) is 0. The molecule has 5 rings (SSSR count). The average molecular weight is 409 g/mol. The summed E-state index contributed by atoms with van der Waals surface area (Å²) in [6.45, 7) is 0. The van der Waals surface area contributed by atoms with Crippen LogP contribution in [0, 0.1) is 10.1 Å². The Hall–Kier alpha value is -2.78. The van der Waals surface area contributed by atoms with Gasteiger partial charge in [0, 0.05) is 46.1 Å². The van der Waals surface area contributed by atoms with Crippen LogP contribution >= 0.6 is 23.1 Å². The molecule has 0 N–H and O–H groups in total. The van der Waals surface area contributed by atoms with E-state index in [4.69, 9.17) is 0 Å². The van der Waals surface area contributed by atoms with Gasteiger partial charge < -0.3 is 4.57 Å². The third-order valence-electron chi connectivity index (χ3n) is 4.71. The molecule has 3 aromatic heterocycles. The molecular weight excluding hydrogens is 394 g/mol. The van der Waals surface area contributed by atoms with Crippen LogP contribution in [0.3, 0.4) is 0 Å². The van der Waals surface area contributed by atoms with E-state index in [1.54, 1.807) is 29.8 Å². The van der Waals surface area contributed by atoms with E-state index in [2.05, 4.69) is 31.2 Å². The number of fused-ring (bicyclic) bond motifs is 1. The predicted molar refractivity (Wildman–Crippen MR) is 108 cm³/mol. The number of thiophene rings is 1. The smallest absolute Gasteiger partial charge is 0.278 e. The molecule has 1 aromatic carbocycles. The van der Waals surface area contributed by atoms with E-state index < -0.39 is 0 Å². The summed E-state index contributed by atoms with van der Waals surface area (Å²) in [5, 5.41) is 24.5. The van der Waals surface area contributed by atoms with Crippen LogP contribution < -0.4 is 0 Å². The quantitative estimate of drug-likeness (QED) is 0.333. The van der Waals surface area contributed by atoms with Gasteiger partial charge >= 0.3 is 0 Å². The molecule has 0 saturated heterocycles. The van der Waals surface area contributed by atoms with Crippen LogP contribution in [-0.4, -0.2) is 24.7 Å². The Labute approximate surface area is 168 Å². The molecule has 0 bridgehead atoms. The number of benzene rings is 1. The van der Waals surface area contributed by atoms with Crippen LogP contribution in [-0.2, 0) is 6.42 Å². The lowest BCUT2D eigenvalue weighted by Gasteiger charge is -2.10. The normalized spacial score (nSPS) is 13.9. The van der Waals surface area contributed by atoms with Crippen molar-refractivity contribution in [1.29, 1.82) is 0 Å². The standard InChI is InChI=1S/C19H15N5O2S2/c25-24(26)16-5-6-17(14-7-8-20-11-15(14)16)28-19-22-21-18(23(19)12-3-4-12)10-13-2-1-9-27-13/h1-2,5-9,11-12H,3-4,10H2. The van der Waals surface area contributed by atoms with Crippen molar-refractivity contribution < 1.29 is 4.92 Å². The van der Waals surface area contributed by atoms with Gasteiger partial charge in [-0.25, -0.2) is 0 Å². The minimum Gasteiger partial charge on any atom is -0.302 e. The van der Waals surface area contributed by atoms with Gasteiger partial charge in [-0.3, -0.25) is 15.1 Å². The molecule has 0 spiro atoms. The zero-order chi connectivity index (χ0) is 19.1. The summed E-state index contributed by atoms with van der Waals surface area (Å²) in [5.41, 5.74) is 0.0643. The van der Waals surface area contributed by atoms with Gasteiger partial charge in [0.1, 0.15) is 5.82 Å². The number of pyridine rings is 1. The number of nitrogens with zero attached hydrogens (tertiary/aromatic N) is 5. The number of hydrogen-bond donors (Lipinski definition) is 0. The first-order chi connectivity index (χ1) is 13.7. The van der Waals surface area contributed by atoms with Crippen molar-refractivity contribution in [2.45, 2.75) is 35.4 Å². The highest BCUT2D eigenvalue weighted by molar-refractivity contribution is 7.99. The highest BCUT2D eigenvalue weighted by Crippen LogP contribution is 2.42. The summed E-state index contributed by atoms with van der Waals surface area (Å²) < 4.78 is 2.23. The highest BCUT2D eigenvalue weighted by Gasteiger charge is 2.30. The number of nitro benzene ring substituents is 1. The van der Waals surface area contributed by atoms with Gasteiger partial charge in [0.25, 0.3) is 5.69 Å². The molecule has 9 heteroatoms. The fourth-order valence-corrected chi connectivity index (χ4v) is 5.02. The Bertz CT molecular complexity index is 1170. The van der Waals surface area contributed by atoms with E-state index in [9.17, 15) is 10.1 Å². The van der Waals surface area contributed by atoms with Gasteiger partial charge in [-0.05, 0) is 48.2 Å². The molecule has 1 aliphatic rings. The van der Waals surface area contributed by atoms with Crippen LogP contribution in [0.2, 0.25) is 0 Å². The predicted octanol–water partition coefficient (Wildman–Crippen LogP) is 4.87. The topological polar surface area (TPSA) is 86.7 Å². The maximum atomic E-state index is 11.3. The molecule has 0 unspecified atom stereocenters. The van der Waals surface area contributed by atoms with Gasteiger partial charge in [-0.15, -0.1) is 21.5 Å². The second-order valence-electron chi connectivity index (χ2n) is 6.62. The summed E-state index contributed by atoms with van der Waals surface area (Å²) in [5.74, 6) is 0.973. The number of non-ortho nitro benzene ring substituents is 1. The Morgan fingerprint density at radius 3 is 2.86 bits per heavy atom. The van der Waals surface area contributed by atoms with Crippen molar-refractivity contribution in [3.63, 3.8) is 0 Å². The van der Waals surface area contributed by atoms with Crippen molar-refractivity contribution in [3.05, 3.63) is 68.9 Å². The summed E-state index contributed by atoms with van der Waals surface area (Å²) in [6.07, 6.45) is 6.24. The molecule has 1 aliphatic carbocycles. The van der Waals surface area contributed by atoms with E-state index in [1.165, 1.54) is 22.7 Å². The van der Waals surface area contributed by atoms with Gasteiger partial charge in [0.05, 0.1) is 10.3 Å². The first kappa shape index (κ1) is 17.3. The molecular formula is C19H15N5O2S2. The molecule has 0 atom stereocenters. The number of aromatic nitrogens is 4. The molecule has 1 fully saturated rings. The van der Waals surface area contributed by atoms with Crippen LogP contribution in [0.4, 0.5) is 5.69 Å². The van der Waals surface area contributed by atoms with E-state index in [1.807, 2.05) is 12.1 Å². The molecule has 0 aliphatic heterocycles. The zero-order valence-electron chi connectivity index (χ0n) is 14.7. The average Bonchev–Trinajstić information content (AvgIpc) is 3.26. The highest BCUT2D eigenvalue weighted by atomic mass is 32.2. The Balaban J connectivity index is 1.54. The largest absolute Gasteiger partial charge is 0.302 e. The second kappa shape index (κ2) is 6.99. The van der Waals surface area contributed by atoms with E-state index in [0.717, 1.165) is 40.5 Å². The van der Waals surface area contributed by atoms with E-state index >= 15 is 0 Å². The minimum absolute atomic E-state index is 0.0643. The van der Waals surface area contributed by atoms with Gasteiger partial charge in [-0.1, -0.05) is 6.07 Å². The van der Waals surface area contributed by atoms with E-state index in [-0.39, 0.29) is 10.6 Å². The Morgan fingerprint density at radius 1 is 1.21 bits per heavy atom. The van der Waals surface area contributed by atoms with Crippen molar-refractivity contribution in [2.75, 3.05) is 0 Å². The third kappa shape index (κ3) is 3.16. The third-order valence-corrected chi connectivity index (χ3v) is 6.63. The number of hydrogen-bond acceptors (Lipinski definition) is 7. The van der Waals surface area contributed by atoms with Gasteiger partial charge in [-0.2, -0.15) is 0 Å². The summed E-state index contributed by atoms with van der Waals surface area (Å²) in [4.78, 5) is 17.2. The molecule has 0 amide bonds. The van der Waals surface area contributed by atoms with Crippen LogP contribution in [0.5, 0.6) is 0 Å². The Kier molecular flexibility index (Phi) is 4.33. The number of rotatable bonds is 6. The maximum absolute atomic E-state index is 11.3. The fraction of sp³-hybridized carbons (Fsp3) is 0.211. The first-order valence-corrected chi connectivity index (χ1v) is 10.6. The fourth-order valence-electron chi connectivity index (χ4n) is 3.26. The van der Waals surface area contributed by atoms with E-state index in [0.29, 0.717) is 11.4 Å².